The summed E-state index contributed by atoms with van der Waals surface area (Å²) in [5.74, 6) is 3.48. The van der Waals surface area contributed by atoms with Gasteiger partial charge in [0.15, 0.2) is 5.82 Å². The SMILES string of the molecule is CCCNc1cc(NCCCC2CC2)nc(COC)n1. The Morgan fingerprint density at radius 2 is 1.90 bits per heavy atom. The molecule has 0 spiro atoms. The summed E-state index contributed by atoms with van der Waals surface area (Å²) in [7, 11) is 1.66. The average Bonchev–Trinajstić information content (AvgIpc) is 3.26. The molecule has 1 fully saturated rings. The Balaban J connectivity index is 1.87. The Morgan fingerprint density at radius 3 is 2.50 bits per heavy atom. The maximum atomic E-state index is 5.13. The number of methoxy groups -OCH3 is 1. The molecule has 1 heterocycles. The molecule has 1 aromatic rings. The molecular weight excluding hydrogens is 252 g/mol. The van der Waals surface area contributed by atoms with Gasteiger partial charge in [0, 0.05) is 26.3 Å². The van der Waals surface area contributed by atoms with Crippen molar-refractivity contribution in [2.75, 3.05) is 30.8 Å². The number of nitrogens with zero attached hydrogens (tertiary/aromatic N) is 2. The number of anilines is 2. The first kappa shape index (κ1) is 15.0. The molecule has 0 amide bonds. The second-order valence-electron chi connectivity index (χ2n) is 5.43. The standard InChI is InChI=1S/C15H26N4O/c1-3-8-16-13-10-14(19-15(18-13)11-20-2)17-9-4-5-12-6-7-12/h10,12H,3-9,11H2,1-2H3,(H2,16,17,18,19). The van der Waals surface area contributed by atoms with E-state index in [1.54, 1.807) is 7.11 Å². The molecule has 20 heavy (non-hydrogen) atoms. The van der Waals surface area contributed by atoms with Crippen LogP contribution in [0, 0.1) is 5.92 Å². The zero-order chi connectivity index (χ0) is 14.2. The first-order chi connectivity index (χ1) is 9.81. The first-order valence-electron chi connectivity index (χ1n) is 7.66. The molecule has 2 rings (SSSR count). The van der Waals surface area contributed by atoms with Crippen LogP contribution in [0.2, 0.25) is 0 Å². The van der Waals surface area contributed by atoms with E-state index in [-0.39, 0.29) is 0 Å². The normalized spacial score (nSPS) is 14.3. The summed E-state index contributed by atoms with van der Waals surface area (Å²) in [6.45, 7) is 4.48. The highest BCUT2D eigenvalue weighted by atomic mass is 16.5. The zero-order valence-corrected chi connectivity index (χ0v) is 12.6. The van der Waals surface area contributed by atoms with Gasteiger partial charge in [0.05, 0.1) is 0 Å². The van der Waals surface area contributed by atoms with Gasteiger partial charge in [-0.2, -0.15) is 0 Å². The number of ether oxygens (including phenoxy) is 1. The second-order valence-corrected chi connectivity index (χ2v) is 5.43. The maximum Gasteiger partial charge on any atom is 0.158 e. The molecule has 0 radical (unpaired) electrons. The maximum absolute atomic E-state index is 5.13. The fourth-order valence-electron chi connectivity index (χ4n) is 2.14. The van der Waals surface area contributed by atoms with E-state index in [2.05, 4.69) is 27.5 Å². The van der Waals surface area contributed by atoms with E-state index in [1.165, 1.54) is 25.7 Å². The van der Waals surface area contributed by atoms with Crippen molar-refractivity contribution in [3.05, 3.63) is 11.9 Å². The van der Waals surface area contributed by atoms with Gasteiger partial charge in [-0.25, -0.2) is 9.97 Å². The van der Waals surface area contributed by atoms with Gasteiger partial charge in [-0.05, 0) is 25.2 Å². The van der Waals surface area contributed by atoms with Crippen molar-refractivity contribution in [1.82, 2.24) is 9.97 Å². The van der Waals surface area contributed by atoms with Crippen LogP contribution in [-0.4, -0.2) is 30.2 Å². The molecule has 1 aliphatic carbocycles. The minimum Gasteiger partial charge on any atom is -0.377 e. The lowest BCUT2D eigenvalue weighted by atomic mass is 10.2. The van der Waals surface area contributed by atoms with Gasteiger partial charge in [-0.3, -0.25) is 0 Å². The summed E-state index contributed by atoms with van der Waals surface area (Å²) in [5.41, 5.74) is 0. The van der Waals surface area contributed by atoms with E-state index in [1.807, 2.05) is 6.07 Å². The molecule has 5 heteroatoms. The molecule has 0 unspecified atom stereocenters. The Hall–Kier alpha value is -1.36. The largest absolute Gasteiger partial charge is 0.377 e. The molecule has 0 aromatic carbocycles. The van der Waals surface area contributed by atoms with Crippen LogP contribution in [0.25, 0.3) is 0 Å². The Bertz CT molecular complexity index is 407. The van der Waals surface area contributed by atoms with Gasteiger partial charge in [0.1, 0.15) is 18.2 Å². The predicted octanol–water partition coefficient (Wildman–Crippen LogP) is 3.05. The Morgan fingerprint density at radius 1 is 1.20 bits per heavy atom. The highest BCUT2D eigenvalue weighted by Crippen LogP contribution is 2.33. The van der Waals surface area contributed by atoms with Crippen molar-refractivity contribution >= 4 is 11.6 Å². The predicted molar refractivity (Wildman–Crippen MR) is 82.0 cm³/mol. The summed E-state index contributed by atoms with van der Waals surface area (Å²) >= 11 is 0. The molecular formula is C15H26N4O. The Kier molecular flexibility index (Phi) is 6.05. The van der Waals surface area contributed by atoms with Crippen LogP contribution in [0.3, 0.4) is 0 Å². The van der Waals surface area contributed by atoms with Crippen molar-refractivity contribution in [1.29, 1.82) is 0 Å². The van der Waals surface area contributed by atoms with E-state index >= 15 is 0 Å². The van der Waals surface area contributed by atoms with Crippen LogP contribution in [0.4, 0.5) is 11.6 Å². The van der Waals surface area contributed by atoms with E-state index < -0.39 is 0 Å². The minimum atomic E-state index is 0.443. The van der Waals surface area contributed by atoms with Crippen molar-refractivity contribution in [2.45, 2.75) is 45.6 Å². The van der Waals surface area contributed by atoms with Crippen LogP contribution in [0.15, 0.2) is 6.07 Å². The average molecular weight is 278 g/mol. The van der Waals surface area contributed by atoms with E-state index in [9.17, 15) is 0 Å². The summed E-state index contributed by atoms with van der Waals surface area (Å²) in [6, 6.07) is 1.98. The summed E-state index contributed by atoms with van der Waals surface area (Å²) in [4.78, 5) is 8.92. The molecule has 1 saturated carbocycles. The zero-order valence-electron chi connectivity index (χ0n) is 12.6. The third-order valence-electron chi connectivity index (χ3n) is 3.39. The van der Waals surface area contributed by atoms with Crippen molar-refractivity contribution < 1.29 is 4.74 Å². The molecule has 0 aliphatic heterocycles. The highest BCUT2D eigenvalue weighted by molar-refractivity contribution is 5.47. The number of rotatable bonds is 10. The van der Waals surface area contributed by atoms with Gasteiger partial charge in [-0.15, -0.1) is 0 Å². The smallest absolute Gasteiger partial charge is 0.158 e. The van der Waals surface area contributed by atoms with Gasteiger partial charge in [0.25, 0.3) is 0 Å². The van der Waals surface area contributed by atoms with E-state index in [0.29, 0.717) is 6.61 Å². The third-order valence-corrected chi connectivity index (χ3v) is 3.39. The summed E-state index contributed by atoms with van der Waals surface area (Å²) in [5, 5.41) is 6.70. The number of hydrogen-bond donors (Lipinski definition) is 2. The number of aromatic nitrogens is 2. The molecule has 0 atom stereocenters. The van der Waals surface area contributed by atoms with Gasteiger partial charge >= 0.3 is 0 Å². The molecule has 1 aromatic heterocycles. The minimum absolute atomic E-state index is 0.443. The molecule has 0 bridgehead atoms. The van der Waals surface area contributed by atoms with Crippen molar-refractivity contribution in [2.24, 2.45) is 5.92 Å². The monoisotopic (exact) mass is 278 g/mol. The van der Waals surface area contributed by atoms with Crippen LogP contribution in [0.1, 0.15) is 44.9 Å². The fourth-order valence-corrected chi connectivity index (χ4v) is 2.14. The van der Waals surface area contributed by atoms with E-state index in [4.69, 9.17) is 4.74 Å². The fraction of sp³-hybridized carbons (Fsp3) is 0.733. The Labute approximate surface area is 121 Å². The van der Waals surface area contributed by atoms with Gasteiger partial charge < -0.3 is 15.4 Å². The molecule has 0 saturated heterocycles. The second kappa shape index (κ2) is 8.04. The van der Waals surface area contributed by atoms with E-state index in [0.717, 1.165) is 42.9 Å². The van der Waals surface area contributed by atoms with Gasteiger partial charge in [-0.1, -0.05) is 19.8 Å². The lowest BCUT2D eigenvalue weighted by molar-refractivity contribution is 0.178. The number of hydrogen-bond acceptors (Lipinski definition) is 5. The molecule has 1 aliphatic rings. The van der Waals surface area contributed by atoms with Crippen LogP contribution in [-0.2, 0) is 11.3 Å². The van der Waals surface area contributed by atoms with Gasteiger partial charge in [0.2, 0.25) is 0 Å². The van der Waals surface area contributed by atoms with Crippen LogP contribution < -0.4 is 10.6 Å². The lowest BCUT2D eigenvalue weighted by Crippen LogP contribution is -2.10. The van der Waals surface area contributed by atoms with Crippen LogP contribution in [0.5, 0.6) is 0 Å². The van der Waals surface area contributed by atoms with Crippen molar-refractivity contribution in [3.8, 4) is 0 Å². The quantitative estimate of drug-likeness (QED) is 0.644. The molecule has 5 nitrogen and oxygen atoms in total. The molecule has 2 N–H and O–H groups in total. The first-order valence-corrected chi connectivity index (χ1v) is 7.66. The summed E-state index contributed by atoms with van der Waals surface area (Å²) in [6.07, 6.45) is 6.48. The third kappa shape index (κ3) is 5.33. The highest BCUT2D eigenvalue weighted by Gasteiger charge is 2.19. The molecule has 112 valence electrons. The van der Waals surface area contributed by atoms with Crippen molar-refractivity contribution in [3.63, 3.8) is 0 Å². The van der Waals surface area contributed by atoms with Crippen LogP contribution >= 0.6 is 0 Å². The summed E-state index contributed by atoms with van der Waals surface area (Å²) < 4.78 is 5.13. The lowest BCUT2D eigenvalue weighted by Gasteiger charge is -2.10. The number of nitrogens with one attached hydrogen (secondary N) is 2. The topological polar surface area (TPSA) is 59.1 Å².